The minimum atomic E-state index is -0.852. The first-order valence-electron chi connectivity index (χ1n) is 10.1. The summed E-state index contributed by atoms with van der Waals surface area (Å²) < 4.78 is 5.47. The van der Waals surface area contributed by atoms with Gasteiger partial charge < -0.3 is 15.0 Å². The van der Waals surface area contributed by atoms with Crippen molar-refractivity contribution in [2.24, 2.45) is 5.92 Å². The molecule has 158 valence electrons. The average Bonchev–Trinajstić information content (AvgIpc) is 3.35. The van der Waals surface area contributed by atoms with Crippen LogP contribution in [0.4, 0.5) is 4.79 Å². The Morgan fingerprint density at radius 1 is 1.17 bits per heavy atom. The van der Waals surface area contributed by atoms with Crippen LogP contribution < -0.4 is 15.4 Å². The van der Waals surface area contributed by atoms with Crippen molar-refractivity contribution < 1.29 is 19.1 Å². The molecule has 0 bridgehead atoms. The number of amides is 4. The molecule has 1 aliphatic heterocycles. The van der Waals surface area contributed by atoms with Crippen LogP contribution in [0.25, 0.3) is 0 Å². The summed E-state index contributed by atoms with van der Waals surface area (Å²) in [5.41, 5.74) is 0.106. The summed E-state index contributed by atoms with van der Waals surface area (Å²) >= 11 is 1.63. The number of methoxy groups -OCH3 is 1. The summed E-state index contributed by atoms with van der Waals surface area (Å²) in [4.78, 5) is 40.2. The highest BCUT2D eigenvalue weighted by molar-refractivity contribution is 7.09. The molecular weight excluding hydrogens is 402 g/mol. The van der Waals surface area contributed by atoms with Gasteiger partial charge in [-0.25, -0.2) is 4.79 Å². The van der Waals surface area contributed by atoms with Gasteiger partial charge in [-0.3, -0.25) is 14.9 Å². The second-order valence-corrected chi connectivity index (χ2v) is 8.88. The SMILES string of the molecule is COc1ccccc1CN(Cc1cccs1)C(=O)C1CCC2(CC1)NC(=O)NC2=O. The standard InChI is InChI=1S/C22H25N3O4S/c1-29-18-7-3-2-5-16(18)13-25(14-17-6-4-12-30-17)19(26)15-8-10-22(11-9-15)20(27)23-21(28)24-22/h2-7,12,15H,8-11,13-14H2,1H3,(H2,23,24,27,28). The maximum atomic E-state index is 13.5. The molecule has 2 N–H and O–H groups in total. The minimum absolute atomic E-state index is 0.0777. The van der Waals surface area contributed by atoms with E-state index in [4.69, 9.17) is 4.74 Å². The van der Waals surface area contributed by atoms with Gasteiger partial charge in [-0.1, -0.05) is 24.3 Å². The molecule has 0 atom stereocenters. The number of thiophene rings is 1. The number of hydrogen-bond acceptors (Lipinski definition) is 5. The lowest BCUT2D eigenvalue weighted by molar-refractivity contribution is -0.139. The van der Waals surface area contributed by atoms with E-state index < -0.39 is 11.6 Å². The van der Waals surface area contributed by atoms with Gasteiger partial charge in [-0.2, -0.15) is 0 Å². The highest BCUT2D eigenvalue weighted by Crippen LogP contribution is 2.36. The second-order valence-electron chi connectivity index (χ2n) is 7.85. The third kappa shape index (κ3) is 4.05. The number of carbonyl (C=O) groups is 3. The molecule has 2 heterocycles. The number of nitrogens with zero attached hydrogens (tertiary/aromatic N) is 1. The Labute approximate surface area is 179 Å². The fourth-order valence-electron chi connectivity index (χ4n) is 4.34. The number of imide groups is 1. The number of ether oxygens (including phenoxy) is 1. The topological polar surface area (TPSA) is 87.7 Å². The number of benzene rings is 1. The smallest absolute Gasteiger partial charge is 0.322 e. The third-order valence-corrected chi connectivity index (χ3v) is 6.86. The van der Waals surface area contributed by atoms with Crippen LogP contribution in [0.3, 0.4) is 0 Å². The Bertz CT molecular complexity index is 936. The van der Waals surface area contributed by atoms with Gasteiger partial charge in [0.05, 0.1) is 13.7 Å². The van der Waals surface area contributed by atoms with Crippen molar-refractivity contribution in [3.63, 3.8) is 0 Å². The highest BCUT2D eigenvalue weighted by atomic mass is 32.1. The number of hydrogen-bond donors (Lipinski definition) is 2. The molecule has 2 aliphatic rings. The molecule has 2 fully saturated rings. The van der Waals surface area contributed by atoms with Crippen LogP contribution in [0.1, 0.15) is 36.1 Å². The minimum Gasteiger partial charge on any atom is -0.496 e. The number of rotatable bonds is 6. The van der Waals surface area contributed by atoms with E-state index in [1.165, 1.54) is 0 Å². The molecule has 30 heavy (non-hydrogen) atoms. The van der Waals surface area contributed by atoms with Gasteiger partial charge in [0.25, 0.3) is 5.91 Å². The van der Waals surface area contributed by atoms with Crippen molar-refractivity contribution in [1.82, 2.24) is 15.5 Å². The van der Waals surface area contributed by atoms with Gasteiger partial charge in [0.2, 0.25) is 5.91 Å². The van der Waals surface area contributed by atoms with Gasteiger partial charge in [0.1, 0.15) is 11.3 Å². The van der Waals surface area contributed by atoms with Gasteiger partial charge in [0.15, 0.2) is 0 Å². The number of para-hydroxylation sites is 1. The van der Waals surface area contributed by atoms with Gasteiger partial charge in [0, 0.05) is 22.9 Å². The molecule has 1 saturated carbocycles. The Hall–Kier alpha value is -2.87. The quantitative estimate of drug-likeness (QED) is 0.694. The molecule has 1 aromatic carbocycles. The monoisotopic (exact) mass is 427 g/mol. The molecule has 1 aromatic heterocycles. The number of nitrogens with one attached hydrogen (secondary N) is 2. The summed E-state index contributed by atoms with van der Waals surface area (Å²) in [6.07, 6.45) is 2.09. The molecule has 0 radical (unpaired) electrons. The fourth-order valence-corrected chi connectivity index (χ4v) is 5.06. The molecule has 0 unspecified atom stereocenters. The Morgan fingerprint density at radius 2 is 1.93 bits per heavy atom. The van der Waals surface area contributed by atoms with E-state index in [1.54, 1.807) is 18.4 Å². The van der Waals surface area contributed by atoms with E-state index in [2.05, 4.69) is 10.6 Å². The fraction of sp³-hybridized carbons (Fsp3) is 0.409. The van der Waals surface area contributed by atoms with Gasteiger partial charge in [-0.05, 0) is 43.2 Å². The Balaban J connectivity index is 1.50. The van der Waals surface area contributed by atoms with Crippen LogP contribution in [0.5, 0.6) is 5.75 Å². The molecule has 8 heteroatoms. The molecule has 7 nitrogen and oxygen atoms in total. The van der Waals surface area contributed by atoms with E-state index in [9.17, 15) is 14.4 Å². The summed E-state index contributed by atoms with van der Waals surface area (Å²) in [7, 11) is 1.63. The van der Waals surface area contributed by atoms with E-state index in [0.717, 1.165) is 16.2 Å². The molecule has 4 amide bonds. The van der Waals surface area contributed by atoms with Crippen LogP contribution >= 0.6 is 11.3 Å². The zero-order valence-corrected chi connectivity index (χ0v) is 17.7. The van der Waals surface area contributed by atoms with Crippen molar-refractivity contribution in [2.75, 3.05) is 7.11 Å². The average molecular weight is 428 g/mol. The van der Waals surface area contributed by atoms with E-state index in [1.807, 2.05) is 46.7 Å². The Kier molecular flexibility index (Phi) is 5.76. The largest absolute Gasteiger partial charge is 0.496 e. The molecule has 1 spiro atoms. The van der Waals surface area contributed by atoms with Crippen LogP contribution in [0.15, 0.2) is 41.8 Å². The molecule has 2 aromatic rings. The van der Waals surface area contributed by atoms with Crippen molar-refractivity contribution in [1.29, 1.82) is 0 Å². The van der Waals surface area contributed by atoms with Crippen molar-refractivity contribution >= 4 is 29.2 Å². The highest BCUT2D eigenvalue weighted by Gasteiger charge is 2.49. The maximum absolute atomic E-state index is 13.5. The first-order valence-corrected chi connectivity index (χ1v) is 11.0. The third-order valence-electron chi connectivity index (χ3n) is 6.00. The van der Waals surface area contributed by atoms with Crippen molar-refractivity contribution in [3.05, 3.63) is 52.2 Å². The van der Waals surface area contributed by atoms with E-state index in [0.29, 0.717) is 38.8 Å². The molecular formula is C22H25N3O4S. The van der Waals surface area contributed by atoms with Crippen LogP contribution in [0, 0.1) is 5.92 Å². The zero-order chi connectivity index (χ0) is 21.1. The van der Waals surface area contributed by atoms with Gasteiger partial charge >= 0.3 is 6.03 Å². The summed E-state index contributed by atoms with van der Waals surface area (Å²) in [6, 6.07) is 11.3. The lowest BCUT2D eigenvalue weighted by Crippen LogP contribution is -2.51. The van der Waals surface area contributed by atoms with Gasteiger partial charge in [-0.15, -0.1) is 11.3 Å². The number of urea groups is 1. The summed E-state index contributed by atoms with van der Waals surface area (Å²) in [5, 5.41) is 7.09. The lowest BCUT2D eigenvalue weighted by atomic mass is 9.76. The second kappa shape index (κ2) is 8.47. The maximum Gasteiger partial charge on any atom is 0.322 e. The van der Waals surface area contributed by atoms with Crippen molar-refractivity contribution in [2.45, 2.75) is 44.3 Å². The normalized spacial score (nSPS) is 23.2. The first kappa shape index (κ1) is 20.4. The summed E-state index contributed by atoms with van der Waals surface area (Å²) in [5.74, 6) is 0.391. The first-order chi connectivity index (χ1) is 14.5. The molecule has 1 saturated heterocycles. The lowest BCUT2D eigenvalue weighted by Gasteiger charge is -2.36. The van der Waals surface area contributed by atoms with Crippen LogP contribution in [-0.4, -0.2) is 35.4 Å². The van der Waals surface area contributed by atoms with E-state index in [-0.39, 0.29) is 17.7 Å². The molecule has 4 rings (SSSR count). The predicted molar refractivity (Wildman–Crippen MR) is 113 cm³/mol. The van der Waals surface area contributed by atoms with Crippen molar-refractivity contribution in [3.8, 4) is 5.75 Å². The Morgan fingerprint density at radius 3 is 2.57 bits per heavy atom. The van der Waals surface area contributed by atoms with Crippen LogP contribution in [-0.2, 0) is 22.7 Å². The molecule has 1 aliphatic carbocycles. The predicted octanol–water partition coefficient (Wildman–Crippen LogP) is 3.05. The zero-order valence-electron chi connectivity index (χ0n) is 16.8. The number of carbonyl (C=O) groups excluding carboxylic acids is 3. The van der Waals surface area contributed by atoms with Crippen LogP contribution in [0.2, 0.25) is 0 Å². The van der Waals surface area contributed by atoms with E-state index >= 15 is 0 Å². The summed E-state index contributed by atoms with van der Waals surface area (Å²) in [6.45, 7) is 0.993.